The van der Waals surface area contributed by atoms with E-state index in [4.69, 9.17) is 5.26 Å². The molecule has 2 nitrogen and oxygen atoms in total. The normalized spacial score (nSPS) is 11.2. The number of nitriles is 1. The van der Waals surface area contributed by atoms with Crippen molar-refractivity contribution >= 4 is 17.5 Å². The van der Waals surface area contributed by atoms with Gasteiger partial charge in [0.05, 0.1) is 0 Å². The van der Waals surface area contributed by atoms with E-state index in [0.29, 0.717) is 11.3 Å². The van der Waals surface area contributed by atoms with Gasteiger partial charge >= 0.3 is 0 Å². The highest BCUT2D eigenvalue weighted by atomic mass is 32.2. The Balaban J connectivity index is 0. The fraction of sp³-hybridized carbons (Fsp3) is 0.786. The minimum Gasteiger partial charge on any atom is -0.277 e. The average Bonchev–Trinajstić information content (AvgIpc) is 2.78. The van der Waals surface area contributed by atoms with Crippen molar-refractivity contribution in [3.63, 3.8) is 0 Å². The van der Waals surface area contributed by atoms with Crippen molar-refractivity contribution in [2.24, 2.45) is 0 Å². The molecule has 180 valence electrons. The van der Waals surface area contributed by atoms with Crippen LogP contribution >= 0.6 is 11.8 Å². The molecular formula is C28H51NOS. The number of thioether (sulfide) groups is 1. The van der Waals surface area contributed by atoms with Crippen LogP contribution in [0.4, 0.5) is 0 Å². The van der Waals surface area contributed by atoms with Crippen molar-refractivity contribution < 1.29 is 4.79 Å². The van der Waals surface area contributed by atoms with Crippen LogP contribution in [-0.2, 0) is 4.79 Å². The molecule has 0 rings (SSSR count). The van der Waals surface area contributed by atoms with Gasteiger partial charge in [0.2, 0.25) is 0 Å². The van der Waals surface area contributed by atoms with Gasteiger partial charge in [-0.05, 0) is 31.6 Å². The summed E-state index contributed by atoms with van der Waals surface area (Å²) in [6.45, 7) is 13.9. The molecule has 0 saturated carbocycles. The van der Waals surface area contributed by atoms with Crippen LogP contribution in [0.2, 0.25) is 0 Å². The number of rotatable bonds is 20. The minimum absolute atomic E-state index is 0.408. The quantitative estimate of drug-likeness (QED) is 0.0803. The van der Waals surface area contributed by atoms with Crippen LogP contribution in [0.5, 0.6) is 0 Å². The second kappa shape index (κ2) is 25.3. The van der Waals surface area contributed by atoms with E-state index in [-0.39, 0.29) is 0 Å². The molecule has 0 spiro atoms. The van der Waals surface area contributed by atoms with Gasteiger partial charge in [-0.25, -0.2) is 0 Å². The molecule has 0 fully saturated rings. The lowest BCUT2D eigenvalue weighted by Crippen LogP contribution is -2.06. The van der Waals surface area contributed by atoms with E-state index in [1.54, 1.807) is 17.8 Å². The summed E-state index contributed by atoms with van der Waals surface area (Å²) < 4.78 is 0. The zero-order valence-electron chi connectivity index (χ0n) is 21.5. The monoisotopic (exact) mass is 449 g/mol. The fourth-order valence-corrected chi connectivity index (χ4v) is 4.52. The van der Waals surface area contributed by atoms with Crippen LogP contribution in [-0.4, -0.2) is 17.3 Å². The first-order valence-corrected chi connectivity index (χ1v) is 14.1. The zero-order chi connectivity index (χ0) is 23.7. The largest absolute Gasteiger partial charge is 0.277 e. The van der Waals surface area contributed by atoms with Crippen LogP contribution in [0.25, 0.3) is 0 Å². The van der Waals surface area contributed by atoms with E-state index in [0.717, 1.165) is 16.9 Å². The number of hydrogen-bond acceptors (Lipinski definition) is 3. The molecule has 0 aliphatic rings. The Kier molecular flexibility index (Phi) is 26.2. The van der Waals surface area contributed by atoms with Crippen LogP contribution in [0.1, 0.15) is 131 Å². The molecule has 0 unspecified atom stereocenters. The smallest absolute Gasteiger partial charge is 0.259 e. The maximum atomic E-state index is 11.8. The third kappa shape index (κ3) is 20.6. The number of carbonyl (C=O) groups excluding carboxylic acids is 1. The molecule has 0 N–H and O–H groups in total. The van der Waals surface area contributed by atoms with Gasteiger partial charge in [0.25, 0.3) is 5.78 Å². The summed E-state index contributed by atoms with van der Waals surface area (Å²) in [6.07, 6.45) is 20.7. The molecule has 0 radical (unpaired) electrons. The van der Waals surface area contributed by atoms with Crippen LogP contribution in [0, 0.1) is 11.3 Å². The van der Waals surface area contributed by atoms with E-state index in [9.17, 15) is 4.79 Å². The van der Waals surface area contributed by atoms with Gasteiger partial charge in [0, 0.05) is 11.3 Å². The van der Waals surface area contributed by atoms with Gasteiger partial charge in [-0.15, -0.1) is 0 Å². The van der Waals surface area contributed by atoms with Gasteiger partial charge in [0.1, 0.15) is 6.07 Å². The van der Waals surface area contributed by atoms with Gasteiger partial charge in [-0.2, -0.15) is 17.0 Å². The predicted molar refractivity (Wildman–Crippen MR) is 142 cm³/mol. The second-order valence-corrected chi connectivity index (χ2v) is 9.43. The van der Waals surface area contributed by atoms with Crippen molar-refractivity contribution in [1.82, 2.24) is 0 Å². The molecule has 0 aromatic carbocycles. The molecule has 0 bridgehead atoms. The summed E-state index contributed by atoms with van der Waals surface area (Å²) in [5.74, 6) is 1.28. The van der Waals surface area contributed by atoms with Gasteiger partial charge < -0.3 is 0 Å². The third-order valence-electron chi connectivity index (χ3n) is 5.61. The summed E-state index contributed by atoms with van der Waals surface area (Å²) in [5.41, 5.74) is 2.38. The standard InChI is InChI=1S/C26H45NOS.C2H6/c1-5-6-7-8-9-10-11-12-13-14-15-16-17-18-19-20-29-22-25(26(28)21-27)24(4)23(2)3;1-2/h2,5-20,22H2,1,3-4H3;1-2H3/b25-24-;. The van der Waals surface area contributed by atoms with Gasteiger partial charge in [0.15, 0.2) is 0 Å². The highest BCUT2D eigenvalue weighted by molar-refractivity contribution is 7.99. The second-order valence-electron chi connectivity index (χ2n) is 8.33. The Morgan fingerprint density at radius 1 is 0.774 bits per heavy atom. The number of ketones is 1. The van der Waals surface area contributed by atoms with Crippen LogP contribution in [0.15, 0.2) is 23.3 Å². The first kappa shape index (κ1) is 32.2. The molecule has 0 saturated heterocycles. The van der Waals surface area contributed by atoms with E-state index in [1.807, 2.05) is 27.7 Å². The lowest BCUT2D eigenvalue weighted by Gasteiger charge is -2.08. The molecule has 0 amide bonds. The molecule has 0 atom stereocenters. The molecule has 0 aromatic rings. The molecule has 3 heteroatoms. The average molecular weight is 450 g/mol. The number of unbranched alkanes of at least 4 members (excludes halogenated alkanes) is 14. The number of hydrogen-bond donors (Lipinski definition) is 0. The fourth-order valence-electron chi connectivity index (χ4n) is 3.42. The topological polar surface area (TPSA) is 40.9 Å². The molecule has 31 heavy (non-hydrogen) atoms. The zero-order valence-corrected chi connectivity index (χ0v) is 22.3. The summed E-state index contributed by atoms with van der Waals surface area (Å²) in [6, 6.07) is 1.76. The number of allylic oxidation sites excluding steroid dienone is 2. The third-order valence-corrected chi connectivity index (χ3v) is 6.68. The lowest BCUT2D eigenvalue weighted by molar-refractivity contribution is -0.110. The van der Waals surface area contributed by atoms with E-state index >= 15 is 0 Å². The first-order valence-electron chi connectivity index (χ1n) is 12.9. The number of Topliss-reactive ketones (excluding diaryl/α,β-unsaturated/α-hetero) is 1. The highest BCUT2D eigenvalue weighted by Gasteiger charge is 2.12. The Morgan fingerprint density at radius 2 is 1.16 bits per heavy atom. The van der Waals surface area contributed by atoms with Crippen molar-refractivity contribution in [1.29, 1.82) is 5.26 Å². The van der Waals surface area contributed by atoms with Crippen LogP contribution < -0.4 is 0 Å². The Morgan fingerprint density at radius 3 is 1.52 bits per heavy atom. The Bertz CT molecular complexity index is 516. The predicted octanol–water partition coefficient (Wildman–Crippen LogP) is 9.60. The number of carbonyl (C=O) groups is 1. The molecule has 0 heterocycles. The maximum absolute atomic E-state index is 11.8. The first-order chi connectivity index (χ1) is 15.0. The summed E-state index contributed by atoms with van der Waals surface area (Å²) in [4.78, 5) is 11.8. The van der Waals surface area contributed by atoms with Crippen molar-refractivity contribution in [2.45, 2.75) is 131 Å². The molecule has 0 aliphatic carbocycles. The van der Waals surface area contributed by atoms with Crippen molar-refractivity contribution in [2.75, 3.05) is 11.5 Å². The van der Waals surface area contributed by atoms with E-state index < -0.39 is 5.78 Å². The van der Waals surface area contributed by atoms with Gasteiger partial charge in [-0.3, -0.25) is 4.79 Å². The Labute approximate surface area is 199 Å². The highest BCUT2D eigenvalue weighted by Crippen LogP contribution is 2.20. The molecule has 0 aromatic heterocycles. The van der Waals surface area contributed by atoms with E-state index in [2.05, 4.69) is 13.5 Å². The number of nitrogens with zero attached hydrogens (tertiary/aromatic N) is 1. The molecular weight excluding hydrogens is 398 g/mol. The van der Waals surface area contributed by atoms with E-state index in [1.165, 1.54) is 96.3 Å². The lowest BCUT2D eigenvalue weighted by atomic mass is 10.0. The van der Waals surface area contributed by atoms with Crippen molar-refractivity contribution in [3.05, 3.63) is 23.3 Å². The molecule has 0 aliphatic heterocycles. The minimum atomic E-state index is -0.408. The SMILES string of the molecule is C=C(C)/C(C)=C(/CSCCCCCCCCCCCCCCCCC)C(=O)C#N.CC. The summed E-state index contributed by atoms with van der Waals surface area (Å²) in [5, 5.41) is 8.91. The summed E-state index contributed by atoms with van der Waals surface area (Å²) in [7, 11) is 0. The Hall–Kier alpha value is -1.01. The summed E-state index contributed by atoms with van der Waals surface area (Å²) >= 11 is 1.77. The van der Waals surface area contributed by atoms with Crippen LogP contribution in [0.3, 0.4) is 0 Å². The van der Waals surface area contributed by atoms with Gasteiger partial charge in [-0.1, -0.05) is 123 Å². The maximum Gasteiger partial charge on any atom is 0.259 e. The van der Waals surface area contributed by atoms with Crippen molar-refractivity contribution in [3.8, 4) is 6.07 Å².